The third-order valence-electron chi connectivity index (χ3n) is 3.46. The molecule has 0 aliphatic rings. The maximum atomic E-state index is 11.8. The molecule has 2 aromatic rings. The van der Waals surface area contributed by atoms with Gasteiger partial charge < -0.3 is 13.6 Å². The zero-order valence-corrected chi connectivity index (χ0v) is 16.2. The van der Waals surface area contributed by atoms with Crippen molar-refractivity contribution in [1.29, 1.82) is 0 Å². The Hall–Kier alpha value is -2.53. The van der Waals surface area contributed by atoms with Crippen molar-refractivity contribution in [3.05, 3.63) is 66.2 Å². The van der Waals surface area contributed by atoms with Crippen LogP contribution in [0.1, 0.15) is 19.4 Å². The van der Waals surface area contributed by atoms with Crippen LogP contribution in [-0.2, 0) is 11.2 Å². The first-order chi connectivity index (χ1) is 11.8. The summed E-state index contributed by atoms with van der Waals surface area (Å²) in [6.45, 7) is 11.2. The van der Waals surface area contributed by atoms with Crippen molar-refractivity contribution in [2.24, 2.45) is 0 Å². The number of ether oxygens (including phenoxy) is 1. The second-order valence-electron chi connectivity index (χ2n) is 6.17. The molecule has 0 saturated heterocycles. The van der Waals surface area contributed by atoms with Crippen LogP contribution in [0.15, 0.2) is 60.7 Å². The summed E-state index contributed by atoms with van der Waals surface area (Å²) in [6.07, 6.45) is 0.671. The van der Waals surface area contributed by atoms with E-state index in [0.717, 1.165) is 11.3 Å². The van der Waals surface area contributed by atoms with Crippen molar-refractivity contribution in [3.8, 4) is 17.2 Å². The van der Waals surface area contributed by atoms with Crippen molar-refractivity contribution in [3.63, 3.8) is 0 Å². The minimum Gasteiger partial charge on any atom is -0.512 e. The van der Waals surface area contributed by atoms with Crippen LogP contribution in [0.4, 0.5) is 0 Å². The Kier molecular flexibility index (Phi) is 6.04. The Morgan fingerprint density at radius 3 is 2.24 bits per heavy atom. The minimum absolute atomic E-state index is 0.357. The van der Waals surface area contributed by atoms with Crippen molar-refractivity contribution >= 4 is 14.5 Å². The monoisotopic (exact) mass is 356 g/mol. The molecular weight excluding hydrogens is 332 g/mol. The fourth-order valence-corrected chi connectivity index (χ4v) is 3.80. The number of carbonyl (C=O) groups is 1. The molecule has 5 heteroatoms. The molecule has 2 aromatic carbocycles. The highest BCUT2D eigenvalue weighted by Crippen LogP contribution is 2.32. The van der Waals surface area contributed by atoms with E-state index in [9.17, 15) is 4.79 Å². The zero-order chi connectivity index (χ0) is 18.4. The Labute approximate surface area is 150 Å². The number of carbonyl (C=O) groups excluding carboxylic acids is 1. The lowest BCUT2D eigenvalue weighted by Gasteiger charge is -2.26. The average Bonchev–Trinajstić information content (AvgIpc) is 2.55. The third-order valence-corrected chi connectivity index (χ3v) is 4.90. The van der Waals surface area contributed by atoms with Crippen LogP contribution in [0.3, 0.4) is 0 Å². The normalized spacial score (nSPS) is 10.9. The highest BCUT2D eigenvalue weighted by atomic mass is 28.4. The molecule has 2 rings (SSSR count). The Morgan fingerprint density at radius 2 is 1.64 bits per heavy atom. The molecule has 0 radical (unpaired) electrons. The van der Waals surface area contributed by atoms with Crippen LogP contribution in [0.25, 0.3) is 0 Å². The first kappa shape index (κ1) is 18.8. The van der Waals surface area contributed by atoms with Crippen LogP contribution in [0, 0.1) is 0 Å². The summed E-state index contributed by atoms with van der Waals surface area (Å²) < 4.78 is 17.7. The summed E-state index contributed by atoms with van der Waals surface area (Å²) in [4.78, 5) is 11.8. The molecule has 0 bridgehead atoms. The number of esters is 1. The van der Waals surface area contributed by atoms with Crippen molar-refractivity contribution in [2.75, 3.05) is 0 Å². The van der Waals surface area contributed by atoms with Gasteiger partial charge in [-0.3, -0.25) is 0 Å². The molecule has 0 aliphatic carbocycles. The number of hydrogen-bond donors (Lipinski definition) is 0. The quantitative estimate of drug-likeness (QED) is 0.307. The van der Waals surface area contributed by atoms with E-state index in [2.05, 4.69) is 6.58 Å². The first-order valence-electron chi connectivity index (χ1n) is 8.25. The second-order valence-corrected chi connectivity index (χ2v) is 9.38. The maximum absolute atomic E-state index is 11.8. The van der Waals surface area contributed by atoms with Gasteiger partial charge in [0.1, 0.15) is 17.2 Å². The van der Waals surface area contributed by atoms with Crippen LogP contribution >= 0.6 is 0 Å². The van der Waals surface area contributed by atoms with Gasteiger partial charge in [-0.25, -0.2) is 4.79 Å². The Balaban J connectivity index is 2.23. The average molecular weight is 356 g/mol. The SMILES string of the molecule is C=C(C)C(=O)Oc1cccc(O[Si](C)(C)Oc2ccccc2)c1CC. The summed E-state index contributed by atoms with van der Waals surface area (Å²) in [5.41, 5.74) is 1.20. The zero-order valence-electron chi connectivity index (χ0n) is 15.2. The number of benzene rings is 2. The van der Waals surface area contributed by atoms with Gasteiger partial charge in [0.15, 0.2) is 0 Å². The maximum Gasteiger partial charge on any atom is 0.454 e. The predicted octanol–water partition coefficient (Wildman–Crippen LogP) is 4.89. The highest BCUT2D eigenvalue weighted by Gasteiger charge is 2.30. The molecular formula is C20H24O4Si. The molecule has 0 amide bonds. The van der Waals surface area contributed by atoms with Gasteiger partial charge in [-0.2, -0.15) is 0 Å². The van der Waals surface area contributed by atoms with Crippen molar-refractivity contribution < 1.29 is 18.4 Å². The molecule has 0 atom stereocenters. The van der Waals surface area contributed by atoms with Gasteiger partial charge >= 0.3 is 14.5 Å². The molecule has 0 saturated carbocycles. The molecule has 4 nitrogen and oxygen atoms in total. The summed E-state index contributed by atoms with van der Waals surface area (Å²) in [6, 6.07) is 15.1. The van der Waals surface area contributed by atoms with Crippen LogP contribution in [0.5, 0.6) is 17.2 Å². The van der Waals surface area contributed by atoms with Gasteiger partial charge in [-0.05, 0) is 37.6 Å². The minimum atomic E-state index is -2.48. The number of rotatable bonds is 7. The lowest BCUT2D eigenvalue weighted by atomic mass is 10.1. The molecule has 132 valence electrons. The standard InChI is InChI=1S/C20H24O4Si/c1-6-17-18(22-20(21)15(2)3)13-10-14-19(17)24-25(4,5)23-16-11-8-7-9-12-16/h7-14H,2,6H2,1,3-5H3. The predicted molar refractivity (Wildman–Crippen MR) is 101 cm³/mol. The van der Waals surface area contributed by atoms with E-state index in [1.807, 2.05) is 62.5 Å². The molecule has 0 unspecified atom stereocenters. The number of hydrogen-bond acceptors (Lipinski definition) is 4. The Bertz CT molecular complexity index is 754. The second kappa shape index (κ2) is 8.03. The lowest BCUT2D eigenvalue weighted by Crippen LogP contribution is -2.42. The van der Waals surface area contributed by atoms with Crippen molar-refractivity contribution in [1.82, 2.24) is 0 Å². The smallest absolute Gasteiger partial charge is 0.454 e. The molecule has 0 fully saturated rings. The van der Waals surface area contributed by atoms with E-state index in [0.29, 0.717) is 23.5 Å². The molecule has 0 N–H and O–H groups in total. The van der Waals surface area contributed by atoms with E-state index in [-0.39, 0.29) is 0 Å². The molecule has 0 heterocycles. The Morgan fingerprint density at radius 1 is 1.00 bits per heavy atom. The number of para-hydroxylation sites is 1. The molecule has 25 heavy (non-hydrogen) atoms. The van der Waals surface area contributed by atoms with Gasteiger partial charge in [0.25, 0.3) is 0 Å². The topological polar surface area (TPSA) is 44.8 Å². The summed E-state index contributed by atoms with van der Waals surface area (Å²) >= 11 is 0. The van der Waals surface area contributed by atoms with Crippen LogP contribution < -0.4 is 13.6 Å². The van der Waals surface area contributed by atoms with E-state index in [4.69, 9.17) is 13.6 Å². The largest absolute Gasteiger partial charge is 0.512 e. The van der Waals surface area contributed by atoms with Gasteiger partial charge in [0, 0.05) is 24.2 Å². The van der Waals surface area contributed by atoms with E-state index in [1.165, 1.54) is 0 Å². The van der Waals surface area contributed by atoms with Crippen LogP contribution in [0.2, 0.25) is 13.1 Å². The van der Waals surface area contributed by atoms with Crippen molar-refractivity contribution in [2.45, 2.75) is 33.4 Å². The van der Waals surface area contributed by atoms with E-state index < -0.39 is 14.5 Å². The van der Waals surface area contributed by atoms with Gasteiger partial charge in [-0.15, -0.1) is 0 Å². The van der Waals surface area contributed by atoms with Gasteiger partial charge in [0.05, 0.1) is 0 Å². The lowest BCUT2D eigenvalue weighted by molar-refractivity contribution is -0.130. The molecule has 0 spiro atoms. The summed E-state index contributed by atoms with van der Waals surface area (Å²) in [5, 5.41) is 0. The fourth-order valence-electron chi connectivity index (χ4n) is 2.33. The third kappa shape index (κ3) is 5.22. The first-order valence-corrected chi connectivity index (χ1v) is 11.1. The molecule has 0 aliphatic heterocycles. The highest BCUT2D eigenvalue weighted by molar-refractivity contribution is 6.66. The van der Waals surface area contributed by atoms with Gasteiger partial charge in [0.2, 0.25) is 0 Å². The van der Waals surface area contributed by atoms with E-state index in [1.54, 1.807) is 13.0 Å². The van der Waals surface area contributed by atoms with Gasteiger partial charge in [-0.1, -0.05) is 37.8 Å². The summed E-state index contributed by atoms with van der Waals surface area (Å²) in [7, 11) is -2.48. The molecule has 0 aromatic heterocycles. The fraction of sp³-hybridized carbons (Fsp3) is 0.250. The summed E-state index contributed by atoms with van der Waals surface area (Å²) in [5.74, 6) is 1.52. The van der Waals surface area contributed by atoms with Crippen LogP contribution in [-0.4, -0.2) is 14.5 Å². The van der Waals surface area contributed by atoms with E-state index >= 15 is 0 Å².